The Hall–Kier alpha value is -2.33. The van der Waals surface area contributed by atoms with Crippen molar-refractivity contribution in [2.75, 3.05) is 0 Å². The molecule has 3 aromatic rings. The number of rotatable bonds is 6. The zero-order valence-corrected chi connectivity index (χ0v) is 18.2. The fourth-order valence-corrected chi connectivity index (χ4v) is 2.63. The quantitative estimate of drug-likeness (QED) is 0.421. The molecule has 0 aliphatic heterocycles. The Labute approximate surface area is 192 Å². The summed E-state index contributed by atoms with van der Waals surface area (Å²) in [5, 5.41) is 13.2. The largest absolute Gasteiger partial charge is 1.00 e. The van der Waals surface area contributed by atoms with E-state index >= 15 is 0 Å². The molecule has 0 bridgehead atoms. The van der Waals surface area contributed by atoms with Crippen molar-refractivity contribution in [1.82, 2.24) is 10.3 Å². The minimum atomic E-state index is -5.19. The third kappa shape index (κ3) is 7.83. The Balaban J connectivity index is 0.000000489. The standard InChI is InChI=1S/C18H19N3O.C2HF3O2.Na/c19-18(22)17(20-11-13-6-2-1-3-7-13)10-14-12-21-16-9-5-4-8-15(14)16;3-2(4,5)1(6)7;/h1-9,12,17,20-21H,10-11H2,(H2,19,22);(H,6,7);/q;;+1/p-1. The third-order valence-electron chi connectivity index (χ3n) is 4.07. The van der Waals surface area contributed by atoms with Gasteiger partial charge in [0.15, 0.2) is 0 Å². The molecule has 0 radical (unpaired) electrons. The van der Waals surface area contributed by atoms with Crippen LogP contribution in [0.2, 0.25) is 0 Å². The molecule has 3 rings (SSSR count). The van der Waals surface area contributed by atoms with E-state index < -0.39 is 12.1 Å². The predicted octanol–water partition coefficient (Wildman–Crippen LogP) is -1.34. The molecular formula is C20H19F3N3NaO3. The number of nitrogens with two attached hydrogens (primary N) is 1. The summed E-state index contributed by atoms with van der Waals surface area (Å²) in [4.78, 5) is 23.7. The van der Waals surface area contributed by atoms with Crippen molar-refractivity contribution in [2.45, 2.75) is 25.2 Å². The van der Waals surface area contributed by atoms with Gasteiger partial charge in [-0.1, -0.05) is 48.5 Å². The summed E-state index contributed by atoms with van der Waals surface area (Å²) in [5.41, 5.74) is 8.85. The maximum atomic E-state index is 11.7. The van der Waals surface area contributed by atoms with Crippen LogP contribution in [0.5, 0.6) is 0 Å². The van der Waals surface area contributed by atoms with Crippen LogP contribution in [-0.2, 0) is 22.6 Å². The summed E-state index contributed by atoms with van der Waals surface area (Å²) in [6.07, 6.45) is -2.67. The van der Waals surface area contributed by atoms with Crippen LogP contribution >= 0.6 is 0 Å². The molecule has 1 heterocycles. The second-order valence-electron chi connectivity index (χ2n) is 6.17. The Morgan fingerprint density at radius 3 is 2.20 bits per heavy atom. The van der Waals surface area contributed by atoms with Gasteiger partial charge in [-0.3, -0.25) is 4.79 Å². The van der Waals surface area contributed by atoms with E-state index in [1.54, 1.807) is 0 Å². The fourth-order valence-electron chi connectivity index (χ4n) is 2.63. The number of aliphatic carboxylic acids is 1. The normalized spacial score (nSPS) is 11.7. The number of para-hydroxylation sites is 1. The van der Waals surface area contributed by atoms with Gasteiger partial charge in [0.05, 0.1) is 6.04 Å². The first-order chi connectivity index (χ1) is 13.7. The first-order valence-electron chi connectivity index (χ1n) is 8.58. The van der Waals surface area contributed by atoms with E-state index in [4.69, 9.17) is 15.6 Å². The van der Waals surface area contributed by atoms with Crippen LogP contribution in [-0.4, -0.2) is 29.1 Å². The number of hydrogen-bond donors (Lipinski definition) is 3. The number of carboxylic acid groups (broad SMARTS) is 1. The van der Waals surface area contributed by atoms with Gasteiger partial charge in [0.2, 0.25) is 5.91 Å². The first-order valence-corrected chi connectivity index (χ1v) is 8.58. The van der Waals surface area contributed by atoms with Crippen LogP contribution in [0.3, 0.4) is 0 Å². The van der Waals surface area contributed by atoms with Gasteiger partial charge in [0.25, 0.3) is 0 Å². The third-order valence-corrected chi connectivity index (χ3v) is 4.07. The molecule has 0 fully saturated rings. The second-order valence-corrected chi connectivity index (χ2v) is 6.17. The van der Waals surface area contributed by atoms with Crippen molar-refractivity contribution in [3.05, 3.63) is 71.9 Å². The predicted molar refractivity (Wildman–Crippen MR) is 99.3 cm³/mol. The molecule has 10 heteroatoms. The zero-order valence-electron chi connectivity index (χ0n) is 16.2. The van der Waals surface area contributed by atoms with Gasteiger partial charge < -0.3 is 25.9 Å². The Morgan fingerprint density at radius 1 is 1.07 bits per heavy atom. The first kappa shape index (κ1) is 25.7. The molecule has 0 spiro atoms. The summed E-state index contributed by atoms with van der Waals surface area (Å²) < 4.78 is 31.5. The Kier molecular flexibility index (Phi) is 10.1. The average molecular weight is 429 g/mol. The average Bonchev–Trinajstić information content (AvgIpc) is 3.08. The summed E-state index contributed by atoms with van der Waals surface area (Å²) in [5.74, 6) is -3.34. The van der Waals surface area contributed by atoms with Crippen LogP contribution in [0.25, 0.3) is 10.9 Å². The monoisotopic (exact) mass is 429 g/mol. The van der Waals surface area contributed by atoms with E-state index in [-0.39, 0.29) is 41.5 Å². The van der Waals surface area contributed by atoms with Gasteiger partial charge in [-0.2, -0.15) is 13.2 Å². The molecule has 6 nitrogen and oxygen atoms in total. The van der Waals surface area contributed by atoms with Gasteiger partial charge in [-0.15, -0.1) is 0 Å². The summed E-state index contributed by atoms with van der Waals surface area (Å²) in [7, 11) is 0. The zero-order chi connectivity index (χ0) is 21.4. The van der Waals surface area contributed by atoms with E-state index in [0.717, 1.165) is 22.0 Å². The van der Waals surface area contributed by atoms with Crippen LogP contribution in [0, 0.1) is 0 Å². The van der Waals surface area contributed by atoms with Gasteiger partial charge in [-0.05, 0) is 23.6 Å². The van der Waals surface area contributed by atoms with Crippen molar-refractivity contribution in [1.29, 1.82) is 0 Å². The molecule has 1 atom stereocenters. The van der Waals surface area contributed by atoms with Crippen LogP contribution < -0.4 is 45.7 Å². The summed E-state index contributed by atoms with van der Waals surface area (Å²) in [6, 6.07) is 17.7. The van der Waals surface area contributed by atoms with Crippen molar-refractivity contribution >= 4 is 22.8 Å². The van der Waals surface area contributed by atoms with Gasteiger partial charge in [-0.25, -0.2) is 0 Å². The minimum absolute atomic E-state index is 0. The molecule has 0 aliphatic rings. The van der Waals surface area contributed by atoms with E-state index in [1.807, 2.05) is 54.7 Å². The summed E-state index contributed by atoms with van der Waals surface area (Å²) in [6.45, 7) is 0.622. The molecule has 0 saturated heterocycles. The van der Waals surface area contributed by atoms with Crippen molar-refractivity contribution in [3.8, 4) is 0 Å². The van der Waals surface area contributed by atoms with Crippen molar-refractivity contribution in [3.63, 3.8) is 0 Å². The maximum absolute atomic E-state index is 11.7. The number of benzene rings is 2. The number of primary amides is 1. The molecule has 0 saturated carbocycles. The SMILES string of the molecule is NC(=O)C(Cc1c[nH]c2ccccc12)NCc1ccccc1.O=C([O-])C(F)(F)F.[Na+]. The molecule has 1 aromatic heterocycles. The minimum Gasteiger partial charge on any atom is -0.542 e. The number of carboxylic acids is 1. The fraction of sp³-hybridized carbons (Fsp3) is 0.200. The molecule has 1 amide bonds. The number of nitrogens with one attached hydrogen (secondary N) is 2. The number of amides is 1. The number of hydrogen-bond acceptors (Lipinski definition) is 4. The van der Waals surface area contributed by atoms with Crippen LogP contribution in [0.4, 0.5) is 13.2 Å². The number of halogens is 3. The maximum Gasteiger partial charge on any atom is 1.00 e. The number of aromatic nitrogens is 1. The number of carbonyl (C=O) groups is 2. The van der Waals surface area contributed by atoms with Crippen molar-refractivity contribution < 1.29 is 57.4 Å². The molecule has 0 aliphatic carbocycles. The number of alkyl halides is 3. The smallest absolute Gasteiger partial charge is 0.542 e. The number of H-pyrrole nitrogens is 1. The van der Waals surface area contributed by atoms with E-state index in [1.165, 1.54) is 0 Å². The van der Waals surface area contributed by atoms with Gasteiger partial charge in [0, 0.05) is 23.6 Å². The molecular weight excluding hydrogens is 410 g/mol. The van der Waals surface area contributed by atoms with Crippen LogP contribution in [0.1, 0.15) is 11.1 Å². The number of carbonyl (C=O) groups excluding carboxylic acids is 2. The number of aromatic amines is 1. The molecule has 154 valence electrons. The number of fused-ring (bicyclic) bond motifs is 1. The molecule has 2 aromatic carbocycles. The molecule has 4 N–H and O–H groups in total. The Morgan fingerprint density at radius 2 is 1.63 bits per heavy atom. The van der Waals surface area contributed by atoms with E-state index in [2.05, 4.69) is 16.4 Å². The van der Waals surface area contributed by atoms with E-state index in [9.17, 15) is 18.0 Å². The molecule has 1 unspecified atom stereocenters. The second kappa shape index (κ2) is 11.8. The Bertz CT molecular complexity index is 962. The van der Waals surface area contributed by atoms with Gasteiger partial charge >= 0.3 is 35.7 Å². The van der Waals surface area contributed by atoms with Gasteiger partial charge in [0.1, 0.15) is 5.97 Å². The van der Waals surface area contributed by atoms with Crippen LogP contribution in [0.15, 0.2) is 60.8 Å². The topological polar surface area (TPSA) is 111 Å². The molecule has 30 heavy (non-hydrogen) atoms. The van der Waals surface area contributed by atoms with Crippen molar-refractivity contribution in [2.24, 2.45) is 5.73 Å². The van der Waals surface area contributed by atoms with E-state index in [0.29, 0.717) is 13.0 Å². The summed E-state index contributed by atoms with van der Waals surface area (Å²) >= 11 is 0.